The van der Waals surface area contributed by atoms with E-state index in [0.29, 0.717) is 10.8 Å². The van der Waals surface area contributed by atoms with Crippen LogP contribution in [0.25, 0.3) is 6.08 Å². The van der Waals surface area contributed by atoms with Gasteiger partial charge in [0.05, 0.1) is 4.91 Å². The molecule has 2 aromatic carbocycles. The second kappa shape index (κ2) is 7.93. The van der Waals surface area contributed by atoms with E-state index in [9.17, 15) is 4.79 Å². The van der Waals surface area contributed by atoms with E-state index in [4.69, 9.17) is 4.74 Å². The van der Waals surface area contributed by atoms with Gasteiger partial charge in [0.2, 0.25) is 0 Å². The molecule has 1 amide bonds. The van der Waals surface area contributed by atoms with Crippen molar-refractivity contribution in [3.05, 3.63) is 64.6 Å². The third-order valence-electron chi connectivity index (χ3n) is 3.72. The fourth-order valence-corrected chi connectivity index (χ4v) is 3.86. The van der Waals surface area contributed by atoms with E-state index in [2.05, 4.69) is 24.9 Å². The standard InChI is InChI=1S/C20H19NO2S2/c1-13(2)16-6-4-5-7-17(16)23-15-10-8-14(9-11-15)12-18-19(22)21-20(24-3)25-18/h4-13H,1-3H3/b18-12-. The first kappa shape index (κ1) is 17.8. The summed E-state index contributed by atoms with van der Waals surface area (Å²) in [4.78, 5) is 16.5. The molecule has 0 saturated carbocycles. The molecule has 0 aromatic heterocycles. The molecule has 1 aliphatic heterocycles. The molecule has 25 heavy (non-hydrogen) atoms. The Labute approximate surface area is 156 Å². The zero-order chi connectivity index (χ0) is 17.8. The Hall–Kier alpha value is -1.98. The van der Waals surface area contributed by atoms with Crippen LogP contribution in [0.3, 0.4) is 0 Å². The summed E-state index contributed by atoms with van der Waals surface area (Å²) < 4.78 is 6.83. The number of nitrogens with zero attached hydrogens (tertiary/aromatic N) is 1. The maximum atomic E-state index is 11.8. The molecule has 0 unspecified atom stereocenters. The van der Waals surface area contributed by atoms with Gasteiger partial charge in [-0.3, -0.25) is 4.79 Å². The molecule has 0 saturated heterocycles. The number of hydrogen-bond acceptors (Lipinski definition) is 4. The lowest BCUT2D eigenvalue weighted by molar-refractivity contribution is -0.113. The van der Waals surface area contributed by atoms with Crippen LogP contribution in [0.5, 0.6) is 11.5 Å². The molecule has 0 radical (unpaired) electrons. The number of amides is 1. The van der Waals surface area contributed by atoms with E-state index >= 15 is 0 Å². The van der Waals surface area contributed by atoms with Crippen molar-refractivity contribution in [3.63, 3.8) is 0 Å². The smallest absolute Gasteiger partial charge is 0.285 e. The second-order valence-electron chi connectivity index (χ2n) is 5.86. The molecule has 1 aliphatic rings. The Kier molecular flexibility index (Phi) is 5.66. The molecule has 0 bridgehead atoms. The van der Waals surface area contributed by atoms with Crippen molar-refractivity contribution >= 4 is 39.9 Å². The lowest BCUT2D eigenvalue weighted by atomic mass is 10.0. The third kappa shape index (κ3) is 4.35. The molecular formula is C20H19NO2S2. The number of rotatable bonds is 4. The molecule has 2 aromatic rings. The summed E-state index contributed by atoms with van der Waals surface area (Å²) in [5.74, 6) is 1.89. The predicted octanol–water partition coefficient (Wildman–Crippen LogP) is 5.94. The Morgan fingerprint density at radius 3 is 2.48 bits per heavy atom. The van der Waals surface area contributed by atoms with Gasteiger partial charge in [0, 0.05) is 0 Å². The van der Waals surface area contributed by atoms with Gasteiger partial charge in [-0.05, 0) is 47.6 Å². The van der Waals surface area contributed by atoms with E-state index in [-0.39, 0.29) is 5.91 Å². The molecular weight excluding hydrogens is 350 g/mol. The summed E-state index contributed by atoms with van der Waals surface area (Å²) >= 11 is 2.91. The Morgan fingerprint density at radius 2 is 1.84 bits per heavy atom. The third-order valence-corrected chi connectivity index (χ3v) is 5.69. The first-order valence-corrected chi connectivity index (χ1v) is 10.0. The van der Waals surface area contributed by atoms with Gasteiger partial charge in [-0.25, -0.2) is 0 Å². The summed E-state index contributed by atoms with van der Waals surface area (Å²) in [6.07, 6.45) is 3.79. The molecule has 0 spiro atoms. The maximum absolute atomic E-state index is 11.8. The zero-order valence-electron chi connectivity index (χ0n) is 14.4. The van der Waals surface area contributed by atoms with Gasteiger partial charge in [0.25, 0.3) is 5.91 Å². The minimum atomic E-state index is -0.166. The van der Waals surface area contributed by atoms with Gasteiger partial charge in [-0.2, -0.15) is 4.99 Å². The van der Waals surface area contributed by atoms with Crippen LogP contribution in [0.15, 0.2) is 58.4 Å². The number of aliphatic imine (C=N–C) groups is 1. The van der Waals surface area contributed by atoms with Crippen LogP contribution in [0.2, 0.25) is 0 Å². The molecule has 3 rings (SSSR count). The summed E-state index contributed by atoms with van der Waals surface area (Å²) in [7, 11) is 0. The number of benzene rings is 2. The van der Waals surface area contributed by atoms with Crippen LogP contribution in [0.4, 0.5) is 0 Å². The van der Waals surface area contributed by atoms with E-state index in [1.807, 2.05) is 54.8 Å². The van der Waals surface area contributed by atoms with Crippen LogP contribution in [-0.4, -0.2) is 16.5 Å². The number of hydrogen-bond donors (Lipinski definition) is 0. The van der Waals surface area contributed by atoms with Crippen molar-refractivity contribution in [2.45, 2.75) is 19.8 Å². The largest absolute Gasteiger partial charge is 0.457 e. The molecule has 3 nitrogen and oxygen atoms in total. The summed E-state index contributed by atoms with van der Waals surface area (Å²) in [5, 5.41) is 0. The van der Waals surface area contributed by atoms with Gasteiger partial charge in [0.15, 0.2) is 0 Å². The highest BCUT2D eigenvalue weighted by Crippen LogP contribution is 2.33. The van der Waals surface area contributed by atoms with E-state index in [0.717, 1.165) is 21.4 Å². The van der Waals surface area contributed by atoms with E-state index in [1.165, 1.54) is 29.1 Å². The van der Waals surface area contributed by atoms with Crippen LogP contribution in [0, 0.1) is 0 Å². The van der Waals surface area contributed by atoms with Crippen LogP contribution in [0.1, 0.15) is 30.9 Å². The first-order valence-electron chi connectivity index (χ1n) is 8.00. The monoisotopic (exact) mass is 369 g/mol. The van der Waals surface area contributed by atoms with Gasteiger partial charge < -0.3 is 4.74 Å². The summed E-state index contributed by atoms with van der Waals surface area (Å²) in [6.45, 7) is 4.30. The van der Waals surface area contributed by atoms with Crippen LogP contribution >= 0.6 is 23.5 Å². The highest BCUT2D eigenvalue weighted by Gasteiger charge is 2.20. The minimum Gasteiger partial charge on any atom is -0.457 e. The Bertz CT molecular complexity index is 839. The fourth-order valence-electron chi connectivity index (χ4n) is 2.44. The average molecular weight is 370 g/mol. The highest BCUT2D eigenvalue weighted by molar-refractivity contribution is 8.40. The predicted molar refractivity (Wildman–Crippen MR) is 109 cm³/mol. The van der Waals surface area contributed by atoms with Crippen molar-refractivity contribution in [2.24, 2.45) is 4.99 Å². The molecule has 5 heteroatoms. The van der Waals surface area contributed by atoms with Crippen molar-refractivity contribution in [1.82, 2.24) is 0 Å². The normalized spacial score (nSPS) is 15.8. The molecule has 0 atom stereocenters. The quantitative estimate of drug-likeness (QED) is 0.626. The van der Waals surface area contributed by atoms with Gasteiger partial charge >= 0.3 is 0 Å². The molecule has 0 aliphatic carbocycles. The minimum absolute atomic E-state index is 0.166. The Morgan fingerprint density at radius 1 is 1.12 bits per heavy atom. The van der Waals surface area contributed by atoms with E-state index in [1.54, 1.807) is 0 Å². The number of para-hydroxylation sites is 1. The molecule has 128 valence electrons. The molecule has 0 fully saturated rings. The van der Waals surface area contributed by atoms with Gasteiger partial charge in [0.1, 0.15) is 15.9 Å². The van der Waals surface area contributed by atoms with Crippen molar-refractivity contribution in [2.75, 3.05) is 6.26 Å². The maximum Gasteiger partial charge on any atom is 0.285 e. The van der Waals surface area contributed by atoms with Crippen LogP contribution < -0.4 is 4.74 Å². The number of thioether (sulfide) groups is 2. The lowest BCUT2D eigenvalue weighted by Crippen LogP contribution is -1.93. The van der Waals surface area contributed by atoms with Gasteiger partial charge in [-0.1, -0.05) is 55.9 Å². The lowest BCUT2D eigenvalue weighted by Gasteiger charge is -2.13. The number of ether oxygens (including phenoxy) is 1. The van der Waals surface area contributed by atoms with Crippen molar-refractivity contribution in [1.29, 1.82) is 0 Å². The molecule has 0 N–H and O–H groups in total. The Balaban J connectivity index is 1.75. The number of carbonyl (C=O) groups is 1. The summed E-state index contributed by atoms with van der Waals surface area (Å²) in [5.41, 5.74) is 2.14. The SMILES string of the molecule is CSC1=NC(=O)/C(=C/c2ccc(Oc3ccccc3C(C)C)cc2)S1. The average Bonchev–Trinajstić information content (AvgIpc) is 2.97. The molecule has 1 heterocycles. The van der Waals surface area contributed by atoms with Crippen molar-refractivity contribution < 1.29 is 9.53 Å². The van der Waals surface area contributed by atoms with Crippen molar-refractivity contribution in [3.8, 4) is 11.5 Å². The first-order chi connectivity index (χ1) is 12.1. The highest BCUT2D eigenvalue weighted by atomic mass is 32.2. The van der Waals surface area contributed by atoms with Crippen LogP contribution in [-0.2, 0) is 4.79 Å². The summed E-state index contributed by atoms with van der Waals surface area (Å²) in [6, 6.07) is 15.8. The van der Waals surface area contributed by atoms with Gasteiger partial charge in [-0.15, -0.1) is 11.8 Å². The number of carbonyl (C=O) groups excluding carboxylic acids is 1. The van der Waals surface area contributed by atoms with E-state index < -0.39 is 0 Å². The topological polar surface area (TPSA) is 38.7 Å². The second-order valence-corrected chi connectivity index (χ2v) is 7.95. The fraction of sp³-hybridized carbons (Fsp3) is 0.200. The zero-order valence-corrected chi connectivity index (χ0v) is 16.0.